The average molecular weight is 449 g/mol. The molecule has 2 aromatic rings. The molecule has 33 heavy (non-hydrogen) atoms. The SMILES string of the molecule is COc1ccc(CCN2C(=O)C(c3ccc(C)c(C)c3)=C(N3CCCC(CO)C3)C2=O)cc1. The first-order chi connectivity index (χ1) is 15.9. The van der Waals surface area contributed by atoms with Crippen LogP contribution in [0.4, 0.5) is 0 Å². The molecular weight excluding hydrogens is 416 g/mol. The van der Waals surface area contributed by atoms with Crippen molar-refractivity contribution in [2.24, 2.45) is 5.92 Å². The summed E-state index contributed by atoms with van der Waals surface area (Å²) in [6.07, 6.45) is 2.40. The molecule has 0 bridgehead atoms. The number of benzene rings is 2. The maximum Gasteiger partial charge on any atom is 0.277 e. The highest BCUT2D eigenvalue weighted by molar-refractivity contribution is 6.35. The fraction of sp³-hybridized carbons (Fsp3) is 0.407. The predicted molar refractivity (Wildman–Crippen MR) is 128 cm³/mol. The number of hydrogen-bond acceptors (Lipinski definition) is 5. The summed E-state index contributed by atoms with van der Waals surface area (Å²) in [5.41, 5.74) is 5.02. The lowest BCUT2D eigenvalue weighted by Crippen LogP contribution is -2.41. The quantitative estimate of drug-likeness (QED) is 0.658. The molecule has 6 nitrogen and oxygen atoms in total. The molecule has 1 fully saturated rings. The second-order valence-corrected chi connectivity index (χ2v) is 9.02. The van der Waals surface area contributed by atoms with Gasteiger partial charge in [0.1, 0.15) is 11.4 Å². The number of amides is 2. The lowest BCUT2D eigenvalue weighted by molar-refractivity contribution is -0.137. The van der Waals surface area contributed by atoms with Crippen molar-refractivity contribution in [3.63, 3.8) is 0 Å². The summed E-state index contributed by atoms with van der Waals surface area (Å²) in [4.78, 5) is 30.6. The third-order valence-corrected chi connectivity index (χ3v) is 6.82. The number of carbonyl (C=O) groups excluding carboxylic acids is 2. The van der Waals surface area contributed by atoms with Crippen molar-refractivity contribution in [1.29, 1.82) is 0 Å². The number of aryl methyl sites for hydroxylation is 2. The van der Waals surface area contributed by atoms with Crippen LogP contribution < -0.4 is 4.74 Å². The minimum absolute atomic E-state index is 0.0894. The molecule has 0 saturated carbocycles. The minimum atomic E-state index is -0.238. The number of ether oxygens (including phenoxy) is 1. The summed E-state index contributed by atoms with van der Waals surface area (Å²) >= 11 is 0. The fourth-order valence-corrected chi connectivity index (χ4v) is 4.67. The van der Waals surface area contributed by atoms with E-state index in [1.54, 1.807) is 7.11 Å². The molecule has 4 rings (SSSR count). The summed E-state index contributed by atoms with van der Waals surface area (Å²) in [5.74, 6) is 0.415. The predicted octanol–water partition coefficient (Wildman–Crippen LogP) is 3.34. The molecule has 2 aliphatic heterocycles. The van der Waals surface area contributed by atoms with E-state index in [1.165, 1.54) is 4.90 Å². The van der Waals surface area contributed by atoms with Crippen molar-refractivity contribution in [1.82, 2.24) is 9.80 Å². The molecule has 1 unspecified atom stereocenters. The third kappa shape index (κ3) is 4.67. The summed E-state index contributed by atoms with van der Waals surface area (Å²) < 4.78 is 5.21. The van der Waals surface area contributed by atoms with Crippen LogP contribution in [0.2, 0.25) is 0 Å². The van der Waals surface area contributed by atoms with E-state index in [4.69, 9.17) is 4.74 Å². The lowest BCUT2D eigenvalue weighted by atomic mass is 9.96. The molecule has 1 atom stereocenters. The van der Waals surface area contributed by atoms with E-state index in [1.807, 2.05) is 61.2 Å². The third-order valence-electron chi connectivity index (χ3n) is 6.82. The van der Waals surface area contributed by atoms with Crippen molar-refractivity contribution in [3.05, 3.63) is 70.4 Å². The van der Waals surface area contributed by atoms with Crippen molar-refractivity contribution in [3.8, 4) is 5.75 Å². The van der Waals surface area contributed by atoms with Crippen LogP contribution in [-0.2, 0) is 16.0 Å². The number of carbonyl (C=O) groups is 2. The zero-order valence-electron chi connectivity index (χ0n) is 19.6. The van der Waals surface area contributed by atoms with Gasteiger partial charge in [-0.25, -0.2) is 0 Å². The first-order valence-electron chi connectivity index (χ1n) is 11.6. The molecule has 0 spiro atoms. The first-order valence-corrected chi connectivity index (χ1v) is 11.6. The summed E-state index contributed by atoms with van der Waals surface area (Å²) in [6.45, 7) is 5.76. The van der Waals surface area contributed by atoms with E-state index >= 15 is 0 Å². The van der Waals surface area contributed by atoms with E-state index < -0.39 is 0 Å². The standard InChI is InChI=1S/C27H32N2O4/c1-18-6-9-22(15-19(18)2)24-25(28-13-4-5-21(16-28)17-30)27(32)29(26(24)31)14-12-20-7-10-23(33-3)11-8-20/h6-11,15,21,30H,4-5,12-14,16-17H2,1-3H3. The van der Waals surface area contributed by atoms with Gasteiger partial charge in [-0.15, -0.1) is 0 Å². The Morgan fingerprint density at radius 2 is 1.79 bits per heavy atom. The van der Waals surface area contributed by atoms with Gasteiger partial charge in [0.25, 0.3) is 11.8 Å². The number of aliphatic hydroxyl groups is 1. The van der Waals surface area contributed by atoms with Gasteiger partial charge in [0, 0.05) is 26.2 Å². The number of methoxy groups -OCH3 is 1. The Kier molecular flexibility index (Phi) is 6.84. The molecule has 0 radical (unpaired) electrons. The van der Waals surface area contributed by atoms with Crippen LogP contribution in [0.1, 0.15) is 35.1 Å². The number of rotatable bonds is 7. The zero-order chi connectivity index (χ0) is 23.5. The van der Waals surface area contributed by atoms with Crippen molar-refractivity contribution < 1.29 is 19.4 Å². The van der Waals surface area contributed by atoms with Gasteiger partial charge >= 0.3 is 0 Å². The van der Waals surface area contributed by atoms with Gasteiger partial charge in [-0.3, -0.25) is 14.5 Å². The summed E-state index contributed by atoms with van der Waals surface area (Å²) in [5, 5.41) is 9.71. The maximum absolute atomic E-state index is 13.6. The van der Waals surface area contributed by atoms with Crippen LogP contribution in [0.3, 0.4) is 0 Å². The van der Waals surface area contributed by atoms with Gasteiger partial charge in [0.2, 0.25) is 0 Å². The molecule has 174 valence electrons. The van der Waals surface area contributed by atoms with Crippen LogP contribution in [-0.4, -0.2) is 60.1 Å². The lowest BCUT2D eigenvalue weighted by Gasteiger charge is -2.34. The molecule has 6 heteroatoms. The van der Waals surface area contributed by atoms with E-state index in [0.717, 1.165) is 40.8 Å². The van der Waals surface area contributed by atoms with Gasteiger partial charge in [-0.05, 0) is 73.4 Å². The fourth-order valence-electron chi connectivity index (χ4n) is 4.67. The molecule has 2 aliphatic rings. The van der Waals surface area contributed by atoms with Gasteiger partial charge in [0.05, 0.1) is 12.7 Å². The Morgan fingerprint density at radius 1 is 1.03 bits per heavy atom. The van der Waals surface area contributed by atoms with E-state index in [2.05, 4.69) is 0 Å². The molecule has 2 aromatic carbocycles. The van der Waals surface area contributed by atoms with Crippen LogP contribution in [0.25, 0.3) is 5.57 Å². The zero-order valence-corrected chi connectivity index (χ0v) is 19.6. The number of likely N-dealkylation sites (tertiary alicyclic amines) is 1. The largest absolute Gasteiger partial charge is 0.497 e. The average Bonchev–Trinajstić information content (AvgIpc) is 3.09. The molecule has 1 N–H and O–H groups in total. The highest BCUT2D eigenvalue weighted by Crippen LogP contribution is 2.34. The molecule has 2 heterocycles. The van der Waals surface area contributed by atoms with Crippen LogP contribution in [0.15, 0.2) is 48.2 Å². The van der Waals surface area contributed by atoms with Gasteiger partial charge in [-0.2, -0.15) is 0 Å². The summed E-state index contributed by atoms with van der Waals surface area (Å²) in [6, 6.07) is 13.6. The number of hydrogen-bond donors (Lipinski definition) is 1. The van der Waals surface area contributed by atoms with Gasteiger partial charge < -0.3 is 14.7 Å². The Balaban J connectivity index is 1.65. The minimum Gasteiger partial charge on any atom is -0.497 e. The monoisotopic (exact) mass is 448 g/mol. The Bertz CT molecular complexity index is 1070. The smallest absolute Gasteiger partial charge is 0.277 e. The van der Waals surface area contributed by atoms with E-state index in [0.29, 0.717) is 37.3 Å². The van der Waals surface area contributed by atoms with Crippen LogP contribution >= 0.6 is 0 Å². The molecule has 0 aromatic heterocycles. The highest BCUT2D eigenvalue weighted by Gasteiger charge is 2.42. The normalized spacial score (nSPS) is 19.0. The molecule has 2 amide bonds. The molecule has 1 saturated heterocycles. The Morgan fingerprint density at radius 3 is 2.45 bits per heavy atom. The van der Waals surface area contributed by atoms with Crippen molar-refractivity contribution in [2.75, 3.05) is 33.4 Å². The van der Waals surface area contributed by atoms with Gasteiger partial charge in [-0.1, -0.05) is 30.3 Å². The molecule has 0 aliphatic carbocycles. The summed E-state index contributed by atoms with van der Waals surface area (Å²) in [7, 11) is 1.63. The van der Waals surface area contributed by atoms with E-state index in [-0.39, 0.29) is 24.3 Å². The Hall–Kier alpha value is -3.12. The number of aliphatic hydroxyl groups excluding tert-OH is 1. The number of nitrogens with zero attached hydrogens (tertiary/aromatic N) is 2. The van der Waals surface area contributed by atoms with Crippen LogP contribution in [0.5, 0.6) is 5.75 Å². The first kappa shape index (κ1) is 23.1. The number of imide groups is 1. The second-order valence-electron chi connectivity index (χ2n) is 9.02. The van der Waals surface area contributed by atoms with Crippen molar-refractivity contribution in [2.45, 2.75) is 33.1 Å². The van der Waals surface area contributed by atoms with Gasteiger partial charge in [0.15, 0.2) is 0 Å². The van der Waals surface area contributed by atoms with E-state index in [9.17, 15) is 14.7 Å². The molecular formula is C27H32N2O4. The highest BCUT2D eigenvalue weighted by atomic mass is 16.5. The van der Waals surface area contributed by atoms with Crippen molar-refractivity contribution >= 4 is 17.4 Å². The Labute approximate surface area is 195 Å². The topological polar surface area (TPSA) is 70.1 Å². The van der Waals surface area contributed by atoms with Crippen LogP contribution in [0, 0.1) is 19.8 Å². The maximum atomic E-state index is 13.6. The number of piperidine rings is 1. The second kappa shape index (κ2) is 9.79.